The van der Waals surface area contributed by atoms with Crippen LogP contribution in [0.15, 0.2) is 72.8 Å². The first-order valence-corrected chi connectivity index (χ1v) is 12.7. The van der Waals surface area contributed by atoms with Crippen LogP contribution in [0.1, 0.15) is 69.4 Å². The second-order valence-electron chi connectivity index (χ2n) is 9.75. The van der Waals surface area contributed by atoms with Gasteiger partial charge in [-0.3, -0.25) is 0 Å². The summed E-state index contributed by atoms with van der Waals surface area (Å²) >= 11 is 0. The van der Waals surface area contributed by atoms with E-state index >= 15 is 0 Å². The molecule has 3 aromatic rings. The van der Waals surface area contributed by atoms with Gasteiger partial charge < -0.3 is 4.74 Å². The number of rotatable bonds is 9. The highest BCUT2D eigenvalue weighted by atomic mass is 19.1. The molecule has 0 N–H and O–H groups in total. The van der Waals surface area contributed by atoms with Gasteiger partial charge in [-0.2, -0.15) is 0 Å². The number of ether oxygens (including phenoxy) is 1. The lowest BCUT2D eigenvalue weighted by Crippen LogP contribution is -2.16. The molecule has 1 nitrogen and oxygen atoms in total. The molecule has 1 aliphatic carbocycles. The maximum Gasteiger partial charge on any atom is 0.165 e. The summed E-state index contributed by atoms with van der Waals surface area (Å²) in [4.78, 5) is 0. The van der Waals surface area contributed by atoms with E-state index in [0.717, 1.165) is 29.4 Å². The molecule has 1 fully saturated rings. The van der Waals surface area contributed by atoms with Crippen LogP contribution in [0, 0.1) is 17.7 Å². The molecule has 1 atom stereocenters. The van der Waals surface area contributed by atoms with Crippen molar-refractivity contribution in [2.45, 2.75) is 64.7 Å². The van der Waals surface area contributed by atoms with Crippen molar-refractivity contribution in [2.24, 2.45) is 11.8 Å². The first-order valence-electron chi connectivity index (χ1n) is 12.7. The van der Waals surface area contributed by atoms with Crippen LogP contribution in [0.2, 0.25) is 0 Å². The first-order chi connectivity index (χ1) is 16.1. The van der Waals surface area contributed by atoms with Gasteiger partial charge >= 0.3 is 0 Å². The summed E-state index contributed by atoms with van der Waals surface area (Å²) < 4.78 is 19.5. The van der Waals surface area contributed by atoms with Crippen molar-refractivity contribution in [3.8, 4) is 16.9 Å². The second-order valence-corrected chi connectivity index (χ2v) is 9.75. The monoisotopic (exact) mass is 444 g/mol. The van der Waals surface area contributed by atoms with Crippen molar-refractivity contribution < 1.29 is 9.13 Å². The molecular weight excluding hydrogens is 407 g/mol. The summed E-state index contributed by atoms with van der Waals surface area (Å²) in [7, 11) is 0. The van der Waals surface area contributed by atoms with E-state index in [2.05, 4.69) is 61.5 Å². The zero-order valence-corrected chi connectivity index (χ0v) is 20.1. The Morgan fingerprint density at radius 2 is 1.52 bits per heavy atom. The average molecular weight is 445 g/mol. The third kappa shape index (κ3) is 6.47. The normalized spacial score (nSPS) is 19.2. The minimum absolute atomic E-state index is 0.299. The summed E-state index contributed by atoms with van der Waals surface area (Å²) in [5.41, 5.74) is 4.81. The zero-order chi connectivity index (χ0) is 23.0. The Hall–Kier alpha value is -2.61. The van der Waals surface area contributed by atoms with Gasteiger partial charge in [-0.25, -0.2) is 4.39 Å². The largest absolute Gasteiger partial charge is 0.491 e. The number of benzene rings is 3. The number of halogens is 1. The number of hydrogen-bond donors (Lipinski definition) is 0. The molecular formula is C31H37FO. The second kappa shape index (κ2) is 11.5. The molecule has 1 aliphatic rings. The van der Waals surface area contributed by atoms with Crippen LogP contribution in [0.3, 0.4) is 0 Å². The molecule has 0 aliphatic heterocycles. The van der Waals surface area contributed by atoms with Crippen molar-refractivity contribution in [3.05, 3.63) is 89.7 Å². The molecule has 0 amide bonds. The summed E-state index contributed by atoms with van der Waals surface area (Å²) in [5.74, 6) is 2.42. The lowest BCUT2D eigenvalue weighted by molar-refractivity contribution is 0.245. The fourth-order valence-electron chi connectivity index (χ4n) is 5.36. The van der Waals surface area contributed by atoms with Crippen LogP contribution in [-0.2, 0) is 6.42 Å². The van der Waals surface area contributed by atoms with Crippen molar-refractivity contribution >= 4 is 0 Å². The van der Waals surface area contributed by atoms with Crippen LogP contribution in [-0.4, -0.2) is 6.61 Å². The molecule has 0 aromatic heterocycles. The van der Waals surface area contributed by atoms with Crippen LogP contribution in [0.25, 0.3) is 11.1 Å². The van der Waals surface area contributed by atoms with E-state index in [1.807, 2.05) is 13.0 Å². The maximum absolute atomic E-state index is 14.2. The Balaban J connectivity index is 1.23. The van der Waals surface area contributed by atoms with Crippen molar-refractivity contribution in [1.82, 2.24) is 0 Å². The van der Waals surface area contributed by atoms with E-state index in [0.29, 0.717) is 18.3 Å². The van der Waals surface area contributed by atoms with Gasteiger partial charge in [-0.1, -0.05) is 93.3 Å². The molecule has 2 heteroatoms. The van der Waals surface area contributed by atoms with Gasteiger partial charge in [0.05, 0.1) is 6.61 Å². The van der Waals surface area contributed by atoms with E-state index in [-0.39, 0.29) is 5.82 Å². The predicted molar refractivity (Wildman–Crippen MR) is 136 cm³/mol. The van der Waals surface area contributed by atoms with Crippen molar-refractivity contribution in [2.75, 3.05) is 6.61 Å². The lowest BCUT2D eigenvalue weighted by atomic mass is 9.75. The molecule has 0 unspecified atom stereocenters. The van der Waals surface area contributed by atoms with Gasteiger partial charge in [0.2, 0.25) is 0 Å². The molecule has 3 aromatic carbocycles. The van der Waals surface area contributed by atoms with E-state index in [1.54, 1.807) is 12.1 Å². The average Bonchev–Trinajstić information content (AvgIpc) is 2.86. The number of aryl methyl sites for hydroxylation is 1. The minimum Gasteiger partial charge on any atom is -0.491 e. The first kappa shape index (κ1) is 23.5. The molecule has 174 valence electrons. The predicted octanol–water partition coefficient (Wildman–Crippen LogP) is 8.82. The van der Waals surface area contributed by atoms with Crippen LogP contribution >= 0.6 is 0 Å². The van der Waals surface area contributed by atoms with E-state index in [4.69, 9.17) is 4.74 Å². The van der Waals surface area contributed by atoms with Gasteiger partial charge in [-0.15, -0.1) is 0 Å². The highest BCUT2D eigenvalue weighted by Crippen LogP contribution is 2.37. The van der Waals surface area contributed by atoms with Gasteiger partial charge in [-0.05, 0) is 78.3 Å². The Morgan fingerprint density at radius 1 is 0.848 bits per heavy atom. The highest BCUT2D eigenvalue weighted by Gasteiger charge is 2.23. The molecule has 0 bridgehead atoms. The molecule has 1 saturated carbocycles. The van der Waals surface area contributed by atoms with Crippen molar-refractivity contribution in [1.29, 1.82) is 0 Å². The molecule has 0 heterocycles. The Bertz CT molecular complexity index is 987. The molecule has 33 heavy (non-hydrogen) atoms. The quantitative estimate of drug-likeness (QED) is 0.320. The molecule has 4 rings (SSSR count). The van der Waals surface area contributed by atoms with E-state index in [1.165, 1.54) is 49.7 Å². The highest BCUT2D eigenvalue weighted by molar-refractivity contribution is 5.64. The Morgan fingerprint density at radius 3 is 2.18 bits per heavy atom. The van der Waals surface area contributed by atoms with Crippen LogP contribution in [0.4, 0.5) is 4.39 Å². The fourth-order valence-corrected chi connectivity index (χ4v) is 5.36. The smallest absolute Gasteiger partial charge is 0.165 e. The third-order valence-electron chi connectivity index (χ3n) is 7.38. The maximum atomic E-state index is 14.2. The lowest BCUT2D eigenvalue weighted by Gasteiger charge is -2.30. The molecule has 0 saturated heterocycles. The van der Waals surface area contributed by atoms with Gasteiger partial charge in [0.1, 0.15) is 0 Å². The Kier molecular flexibility index (Phi) is 8.20. The third-order valence-corrected chi connectivity index (χ3v) is 7.38. The van der Waals surface area contributed by atoms with Gasteiger partial charge in [0.15, 0.2) is 11.6 Å². The van der Waals surface area contributed by atoms with E-state index < -0.39 is 0 Å². The summed E-state index contributed by atoms with van der Waals surface area (Å²) in [5, 5.41) is 0. The fraction of sp³-hybridized carbons (Fsp3) is 0.419. The molecule has 0 radical (unpaired) electrons. The summed E-state index contributed by atoms with van der Waals surface area (Å²) in [6, 6.07) is 24.8. The van der Waals surface area contributed by atoms with Gasteiger partial charge in [0.25, 0.3) is 0 Å². The minimum atomic E-state index is -0.299. The zero-order valence-electron chi connectivity index (χ0n) is 20.1. The molecule has 0 spiro atoms. The van der Waals surface area contributed by atoms with Crippen LogP contribution in [0.5, 0.6) is 5.75 Å². The SMILES string of the molecule is CCOc1ccc(-c2ccc(CCC3CCC(C[C@@H](C)c4ccccc4)CC3)cc2)cc1F. The Labute approximate surface area is 199 Å². The summed E-state index contributed by atoms with van der Waals surface area (Å²) in [6.07, 6.45) is 9.23. The van der Waals surface area contributed by atoms with Gasteiger partial charge in [0, 0.05) is 0 Å². The summed E-state index contributed by atoms with van der Waals surface area (Å²) in [6.45, 7) is 4.72. The standard InChI is InChI=1S/C31H37FO/c1-3-33-31-20-19-29(22-30(31)32)28-17-15-25(16-18-28)10-9-24-11-13-26(14-12-24)21-23(2)27-7-5-4-6-8-27/h4-8,15-20,22-24,26H,3,9-14,21H2,1-2H3/t23-,24?,26?/m1/s1. The van der Waals surface area contributed by atoms with Crippen molar-refractivity contribution in [3.63, 3.8) is 0 Å². The van der Waals surface area contributed by atoms with E-state index in [9.17, 15) is 4.39 Å². The number of hydrogen-bond acceptors (Lipinski definition) is 1. The topological polar surface area (TPSA) is 9.23 Å². The van der Waals surface area contributed by atoms with Crippen LogP contribution < -0.4 is 4.74 Å².